The number of allylic oxidation sites excluding steroid dienone is 3. The van der Waals surface area contributed by atoms with Gasteiger partial charge in [-0.15, -0.1) is 0 Å². The first-order chi connectivity index (χ1) is 16.9. The zero-order valence-corrected chi connectivity index (χ0v) is 23.2. The summed E-state index contributed by atoms with van der Waals surface area (Å²) in [5.41, 5.74) is 3.31. The fourth-order valence-corrected chi connectivity index (χ4v) is 9.26. The summed E-state index contributed by atoms with van der Waals surface area (Å²) in [6.07, 6.45) is 10.4. The fraction of sp³-hybridized carbons (Fsp3) is 0.613. The molecule has 4 nitrogen and oxygen atoms in total. The highest BCUT2D eigenvalue weighted by atomic mass is 32.2. The summed E-state index contributed by atoms with van der Waals surface area (Å²) >= 11 is 0. The molecule has 36 heavy (non-hydrogen) atoms. The van der Waals surface area contributed by atoms with E-state index < -0.39 is 26.8 Å². The minimum Gasteiger partial charge on any atom is -0.393 e. The number of benzene rings is 1. The SMILES string of the molecule is C=C1/C(=C\C=C2/CCC[C@]3(C)[C@@H]([C@H](C)CC(C)(C)S(=O)(=O)c4ccccc4)CC[C@@H]23)C[C@@H](O)C[C@@H]1O. The molecule has 6 atom stereocenters. The van der Waals surface area contributed by atoms with E-state index in [2.05, 4.69) is 32.6 Å². The Bertz CT molecular complexity index is 1130. The van der Waals surface area contributed by atoms with Crippen molar-refractivity contribution in [2.75, 3.05) is 0 Å². The second-order valence-electron chi connectivity index (χ2n) is 12.4. The van der Waals surface area contributed by atoms with Crippen LogP contribution < -0.4 is 0 Å². The predicted octanol–water partition coefficient (Wildman–Crippen LogP) is 6.41. The van der Waals surface area contributed by atoms with Crippen molar-refractivity contribution in [3.8, 4) is 0 Å². The number of rotatable bonds is 6. The second-order valence-corrected chi connectivity index (χ2v) is 15.0. The Kier molecular flexibility index (Phi) is 7.77. The molecule has 1 aromatic rings. The second kappa shape index (κ2) is 10.2. The summed E-state index contributed by atoms with van der Waals surface area (Å²) in [6.45, 7) is 12.5. The molecule has 2 N–H and O–H groups in total. The van der Waals surface area contributed by atoms with Crippen LogP contribution in [0.3, 0.4) is 0 Å². The van der Waals surface area contributed by atoms with Crippen LogP contribution in [0.1, 0.15) is 79.1 Å². The van der Waals surface area contributed by atoms with E-state index in [1.807, 2.05) is 19.9 Å². The normalized spacial score (nSPS) is 34.7. The Balaban J connectivity index is 1.53. The number of hydrogen-bond acceptors (Lipinski definition) is 4. The van der Waals surface area contributed by atoms with E-state index in [9.17, 15) is 18.6 Å². The third kappa shape index (κ3) is 5.04. The summed E-state index contributed by atoms with van der Waals surface area (Å²) in [5, 5.41) is 20.3. The lowest BCUT2D eigenvalue weighted by Gasteiger charge is -2.45. The van der Waals surface area contributed by atoms with Crippen molar-refractivity contribution in [2.45, 2.75) is 101 Å². The van der Waals surface area contributed by atoms with Crippen LogP contribution in [0.5, 0.6) is 0 Å². The van der Waals surface area contributed by atoms with Crippen LogP contribution in [0, 0.1) is 23.2 Å². The highest BCUT2D eigenvalue weighted by Gasteiger charge is 2.52. The van der Waals surface area contributed by atoms with Gasteiger partial charge in [-0.1, -0.05) is 56.4 Å². The maximum absolute atomic E-state index is 13.5. The van der Waals surface area contributed by atoms with Gasteiger partial charge in [-0.25, -0.2) is 8.42 Å². The Morgan fingerprint density at radius 3 is 2.56 bits per heavy atom. The lowest BCUT2D eigenvalue weighted by atomic mass is 9.60. The van der Waals surface area contributed by atoms with E-state index in [1.54, 1.807) is 24.3 Å². The molecule has 1 aromatic carbocycles. The first-order valence-corrected chi connectivity index (χ1v) is 15.1. The highest BCUT2D eigenvalue weighted by molar-refractivity contribution is 7.92. The Hall–Kier alpha value is -1.69. The molecule has 3 saturated carbocycles. The standard InChI is InChI=1S/C31H44O4S/c1-21(20-30(3,4)36(34,35)26-11-7-6-8-12-26)27-15-16-28-23(10-9-17-31(27,28)5)13-14-24-18-25(32)19-29(33)22(24)2/h6-8,11-14,21,25,27-29,32-33H,2,9-10,15-20H2,1,3-5H3/b23-13+,24-14-/t21-,25-,27-,28+,29+,31-/m1/s1. The van der Waals surface area contributed by atoms with Gasteiger partial charge in [-0.2, -0.15) is 0 Å². The van der Waals surface area contributed by atoms with Gasteiger partial charge in [0.05, 0.1) is 21.9 Å². The van der Waals surface area contributed by atoms with Crippen LogP contribution in [0.15, 0.2) is 70.7 Å². The molecular weight excluding hydrogens is 468 g/mol. The Morgan fingerprint density at radius 1 is 1.17 bits per heavy atom. The molecule has 0 saturated heterocycles. The molecule has 0 unspecified atom stereocenters. The number of fused-ring (bicyclic) bond motifs is 1. The van der Waals surface area contributed by atoms with Gasteiger partial charge in [-0.05, 0) is 105 Å². The molecule has 0 heterocycles. The molecular formula is C31H44O4S. The van der Waals surface area contributed by atoms with Crippen molar-refractivity contribution in [2.24, 2.45) is 23.2 Å². The van der Waals surface area contributed by atoms with Gasteiger partial charge >= 0.3 is 0 Å². The molecule has 0 aromatic heterocycles. The molecule has 3 aliphatic carbocycles. The van der Waals surface area contributed by atoms with Crippen LogP contribution in [0.25, 0.3) is 0 Å². The zero-order valence-electron chi connectivity index (χ0n) is 22.4. The lowest BCUT2D eigenvalue weighted by molar-refractivity contribution is 0.0860. The molecule has 5 heteroatoms. The molecule has 3 fully saturated rings. The largest absolute Gasteiger partial charge is 0.393 e. The molecule has 198 valence electrons. The molecule has 4 rings (SSSR count). The topological polar surface area (TPSA) is 74.6 Å². The monoisotopic (exact) mass is 512 g/mol. The molecule has 3 aliphatic rings. The van der Waals surface area contributed by atoms with E-state index >= 15 is 0 Å². The summed E-state index contributed by atoms with van der Waals surface area (Å²) in [6, 6.07) is 8.86. The molecule has 0 bridgehead atoms. The maximum Gasteiger partial charge on any atom is 0.183 e. The van der Waals surface area contributed by atoms with Crippen LogP contribution in [0.2, 0.25) is 0 Å². The summed E-state index contributed by atoms with van der Waals surface area (Å²) in [5.74, 6) is 1.28. The van der Waals surface area contributed by atoms with Crippen molar-refractivity contribution in [1.82, 2.24) is 0 Å². The first-order valence-electron chi connectivity index (χ1n) is 13.6. The molecule has 0 spiro atoms. The smallest absolute Gasteiger partial charge is 0.183 e. The average Bonchev–Trinajstić information content (AvgIpc) is 3.18. The summed E-state index contributed by atoms with van der Waals surface area (Å²) < 4.78 is 26.1. The van der Waals surface area contributed by atoms with Crippen LogP contribution in [-0.2, 0) is 9.84 Å². The van der Waals surface area contributed by atoms with E-state index in [0.717, 1.165) is 36.8 Å². The maximum atomic E-state index is 13.5. The van der Waals surface area contributed by atoms with Crippen molar-refractivity contribution >= 4 is 9.84 Å². The van der Waals surface area contributed by atoms with Gasteiger partial charge in [-0.3, -0.25) is 0 Å². The van der Waals surface area contributed by atoms with Crippen LogP contribution in [-0.4, -0.2) is 35.6 Å². The van der Waals surface area contributed by atoms with Crippen LogP contribution >= 0.6 is 0 Å². The molecule has 0 radical (unpaired) electrons. The number of aliphatic hydroxyl groups excluding tert-OH is 2. The predicted molar refractivity (Wildman–Crippen MR) is 146 cm³/mol. The van der Waals surface area contributed by atoms with Crippen molar-refractivity contribution in [3.05, 3.63) is 65.8 Å². The van der Waals surface area contributed by atoms with E-state index in [1.165, 1.54) is 12.0 Å². The number of sulfone groups is 1. The molecule has 0 aliphatic heterocycles. The third-order valence-corrected chi connectivity index (χ3v) is 12.1. The van der Waals surface area contributed by atoms with Crippen molar-refractivity contribution in [3.63, 3.8) is 0 Å². The minimum atomic E-state index is -3.43. The third-order valence-electron chi connectivity index (χ3n) is 9.58. The van der Waals surface area contributed by atoms with E-state index in [4.69, 9.17) is 0 Å². The van der Waals surface area contributed by atoms with Gasteiger partial charge in [0.25, 0.3) is 0 Å². The quantitative estimate of drug-likeness (QED) is 0.462. The Labute approximate surface area is 218 Å². The van der Waals surface area contributed by atoms with Gasteiger partial charge in [0, 0.05) is 6.42 Å². The minimum absolute atomic E-state index is 0.164. The van der Waals surface area contributed by atoms with E-state index in [-0.39, 0.29) is 5.41 Å². The Morgan fingerprint density at radius 2 is 1.86 bits per heavy atom. The average molecular weight is 513 g/mol. The van der Waals surface area contributed by atoms with Crippen molar-refractivity contribution in [1.29, 1.82) is 0 Å². The summed E-state index contributed by atoms with van der Waals surface area (Å²) in [4.78, 5) is 0.410. The number of aliphatic hydroxyl groups is 2. The first kappa shape index (κ1) is 27.3. The van der Waals surface area contributed by atoms with Gasteiger partial charge in [0.2, 0.25) is 0 Å². The highest BCUT2D eigenvalue weighted by Crippen LogP contribution is 2.60. The summed E-state index contributed by atoms with van der Waals surface area (Å²) in [7, 11) is -3.43. The van der Waals surface area contributed by atoms with Gasteiger partial charge in [0.15, 0.2) is 9.84 Å². The van der Waals surface area contributed by atoms with Gasteiger partial charge < -0.3 is 10.2 Å². The lowest BCUT2D eigenvalue weighted by Crippen LogP contribution is -2.40. The molecule has 0 amide bonds. The van der Waals surface area contributed by atoms with E-state index in [0.29, 0.717) is 41.9 Å². The zero-order chi connectivity index (χ0) is 26.3. The number of hydrogen-bond donors (Lipinski definition) is 2. The van der Waals surface area contributed by atoms with Gasteiger partial charge in [0.1, 0.15) is 0 Å². The van der Waals surface area contributed by atoms with Crippen molar-refractivity contribution < 1.29 is 18.6 Å². The van der Waals surface area contributed by atoms with Crippen LogP contribution in [0.4, 0.5) is 0 Å². The fourth-order valence-electron chi connectivity index (χ4n) is 7.63.